The Kier molecular flexibility index (Phi) is 7.56. The molecule has 0 bridgehead atoms. The number of aliphatic hydroxyl groups is 1. The van der Waals surface area contributed by atoms with E-state index >= 15 is 0 Å². The highest BCUT2D eigenvalue weighted by atomic mass is 32.1. The minimum Gasteiger partial charge on any atom is -0.393 e. The van der Waals surface area contributed by atoms with Crippen molar-refractivity contribution in [3.63, 3.8) is 0 Å². The Balaban J connectivity index is 1.79. The number of halogens is 2. The van der Waals surface area contributed by atoms with E-state index in [1.807, 2.05) is 6.07 Å². The van der Waals surface area contributed by atoms with Gasteiger partial charge in [-0.25, -0.2) is 4.79 Å². The first-order chi connectivity index (χ1) is 16.8. The molecule has 11 heteroatoms. The monoisotopic (exact) mass is 504 g/mol. The largest absolute Gasteiger partial charge is 0.393 e. The molecular formula is C24H26F2N4O4S. The number of hydrogen-bond acceptors (Lipinski definition) is 6. The van der Waals surface area contributed by atoms with E-state index < -0.39 is 23.4 Å². The zero-order chi connectivity index (χ0) is 25.1. The van der Waals surface area contributed by atoms with Gasteiger partial charge in [-0.15, -0.1) is 11.3 Å². The molecule has 0 saturated carbocycles. The Hall–Kier alpha value is -3.18. The lowest BCUT2D eigenvalue weighted by molar-refractivity contribution is 0.0550. The number of aryl methyl sites for hydroxylation is 3. The summed E-state index contributed by atoms with van der Waals surface area (Å²) in [7, 11) is 0. The fourth-order valence-corrected chi connectivity index (χ4v) is 5.58. The average Bonchev–Trinajstić information content (AvgIpc) is 3.18. The molecule has 1 N–H and O–H groups in total. The zero-order valence-corrected chi connectivity index (χ0v) is 20.1. The fourth-order valence-electron chi connectivity index (χ4n) is 4.30. The van der Waals surface area contributed by atoms with Gasteiger partial charge in [0.15, 0.2) is 0 Å². The highest BCUT2D eigenvalue weighted by Crippen LogP contribution is 2.30. The molecule has 3 aromatic heterocycles. The molecule has 8 nitrogen and oxygen atoms in total. The van der Waals surface area contributed by atoms with Gasteiger partial charge in [0.2, 0.25) is 0 Å². The number of nitrogens with zero attached hydrogens (tertiary/aromatic N) is 4. The Bertz CT molecular complexity index is 1370. The van der Waals surface area contributed by atoms with E-state index in [0.717, 1.165) is 27.5 Å². The van der Waals surface area contributed by atoms with Crippen LogP contribution in [0.15, 0.2) is 46.3 Å². The van der Waals surface area contributed by atoms with E-state index in [1.165, 1.54) is 4.57 Å². The second-order valence-electron chi connectivity index (χ2n) is 8.54. The van der Waals surface area contributed by atoms with Crippen LogP contribution in [0.25, 0.3) is 10.2 Å². The Morgan fingerprint density at radius 2 is 1.97 bits per heavy atom. The number of carbonyl (C=O) groups is 1. The minimum atomic E-state index is -1.84. The van der Waals surface area contributed by atoms with Gasteiger partial charge in [-0.1, -0.05) is 6.07 Å². The molecular weight excluding hydrogens is 478 g/mol. The molecule has 1 fully saturated rings. The number of piperidine rings is 1. The molecule has 0 aliphatic carbocycles. The Morgan fingerprint density at radius 1 is 1.23 bits per heavy atom. The predicted octanol–water partition coefficient (Wildman–Crippen LogP) is 2.94. The summed E-state index contributed by atoms with van der Waals surface area (Å²) in [5.41, 5.74) is 0.222. The molecule has 186 valence electrons. The number of carbonyl (C=O) groups excluding carboxylic acids is 1. The van der Waals surface area contributed by atoms with Crippen LogP contribution in [0.5, 0.6) is 0 Å². The highest BCUT2D eigenvalue weighted by Gasteiger charge is 2.28. The van der Waals surface area contributed by atoms with Crippen molar-refractivity contribution >= 4 is 27.5 Å². The van der Waals surface area contributed by atoms with Crippen molar-refractivity contribution in [2.75, 3.05) is 13.1 Å². The van der Waals surface area contributed by atoms with Crippen LogP contribution in [0.3, 0.4) is 0 Å². The number of hydrogen-bond donors (Lipinski definition) is 1. The summed E-state index contributed by atoms with van der Waals surface area (Å²) in [4.78, 5) is 46.3. The zero-order valence-electron chi connectivity index (χ0n) is 19.2. The van der Waals surface area contributed by atoms with Crippen molar-refractivity contribution in [3.05, 3.63) is 73.5 Å². The number of rotatable bonds is 7. The topological polar surface area (TPSA) is 97.4 Å². The molecule has 1 aliphatic rings. The van der Waals surface area contributed by atoms with E-state index in [9.17, 15) is 28.3 Å². The van der Waals surface area contributed by atoms with Gasteiger partial charge in [-0.3, -0.25) is 23.7 Å². The van der Waals surface area contributed by atoms with Crippen molar-refractivity contribution in [2.24, 2.45) is 0 Å². The number of thiophene rings is 1. The number of likely N-dealkylation sites (tertiary alicyclic amines) is 1. The summed E-state index contributed by atoms with van der Waals surface area (Å²) in [6, 6.07) is 3.60. The molecule has 4 rings (SSSR count). The third kappa shape index (κ3) is 5.25. The summed E-state index contributed by atoms with van der Waals surface area (Å²) in [5.74, 6) is -0.259. The quantitative estimate of drug-likeness (QED) is 0.534. The normalized spacial score (nSPS) is 14.5. The lowest BCUT2D eigenvalue weighted by Crippen LogP contribution is -2.40. The molecule has 0 atom stereocenters. The van der Waals surface area contributed by atoms with Gasteiger partial charge in [0, 0.05) is 38.6 Å². The number of fused-ring (bicyclic) bond motifs is 1. The minimum absolute atomic E-state index is 0.0522. The number of aromatic nitrogens is 3. The van der Waals surface area contributed by atoms with Gasteiger partial charge in [0.05, 0.1) is 16.4 Å². The number of aliphatic hydroxyl groups excluding tert-OH is 1. The third-order valence-corrected chi connectivity index (χ3v) is 7.54. The van der Waals surface area contributed by atoms with Crippen molar-refractivity contribution in [1.82, 2.24) is 19.0 Å². The molecule has 1 aliphatic heterocycles. The smallest absolute Gasteiger partial charge is 0.332 e. The second-order valence-corrected chi connectivity index (χ2v) is 9.54. The van der Waals surface area contributed by atoms with E-state index in [2.05, 4.69) is 4.98 Å². The Labute approximate surface area is 203 Å². The number of pyridine rings is 1. The maximum absolute atomic E-state index is 13.4. The fraction of sp³-hybridized carbons (Fsp3) is 0.417. The molecule has 1 amide bonds. The van der Waals surface area contributed by atoms with Crippen LogP contribution in [0.4, 0.5) is 8.78 Å². The molecule has 35 heavy (non-hydrogen) atoms. The highest BCUT2D eigenvalue weighted by molar-refractivity contribution is 7.20. The van der Waals surface area contributed by atoms with Crippen LogP contribution in [0.2, 0.25) is 0 Å². The van der Waals surface area contributed by atoms with Crippen molar-refractivity contribution in [2.45, 2.75) is 51.8 Å². The first kappa shape index (κ1) is 24.9. The first-order valence-electron chi connectivity index (χ1n) is 11.4. The van der Waals surface area contributed by atoms with E-state index in [0.29, 0.717) is 47.6 Å². The summed E-state index contributed by atoms with van der Waals surface area (Å²) in [5, 5.41) is 10.0. The van der Waals surface area contributed by atoms with Crippen LogP contribution in [-0.4, -0.2) is 49.2 Å². The Morgan fingerprint density at radius 3 is 2.63 bits per heavy atom. The number of amides is 1. The van der Waals surface area contributed by atoms with Crippen LogP contribution < -0.4 is 11.2 Å². The molecule has 3 aromatic rings. The van der Waals surface area contributed by atoms with E-state index in [-0.39, 0.29) is 30.8 Å². The van der Waals surface area contributed by atoms with Gasteiger partial charge in [-0.05, 0) is 55.9 Å². The van der Waals surface area contributed by atoms with E-state index in [4.69, 9.17) is 0 Å². The van der Waals surface area contributed by atoms with Gasteiger partial charge < -0.3 is 10.0 Å². The van der Waals surface area contributed by atoms with Crippen molar-refractivity contribution in [3.8, 4) is 0 Å². The maximum Gasteiger partial charge on any atom is 0.332 e. The summed E-state index contributed by atoms with van der Waals surface area (Å²) in [6.45, 7) is 2.51. The van der Waals surface area contributed by atoms with Crippen LogP contribution in [0.1, 0.15) is 40.1 Å². The lowest BCUT2D eigenvalue weighted by atomic mass is 10.1. The van der Waals surface area contributed by atoms with E-state index in [1.54, 1.807) is 30.3 Å². The average molecular weight is 505 g/mol. The summed E-state index contributed by atoms with van der Waals surface area (Å²) >= 11 is 1.04. The molecule has 0 unspecified atom stereocenters. The first-order valence-corrected chi connectivity index (χ1v) is 12.2. The number of allylic oxidation sites excluding steroid dienone is 1. The summed E-state index contributed by atoms with van der Waals surface area (Å²) < 4.78 is 27.7. The van der Waals surface area contributed by atoms with Crippen LogP contribution in [-0.2, 0) is 19.5 Å². The molecule has 0 radical (unpaired) electrons. The van der Waals surface area contributed by atoms with Crippen LogP contribution >= 0.6 is 11.3 Å². The molecule has 0 aromatic carbocycles. The van der Waals surface area contributed by atoms with Crippen molar-refractivity contribution < 1.29 is 18.7 Å². The van der Waals surface area contributed by atoms with Crippen molar-refractivity contribution in [1.29, 1.82) is 0 Å². The van der Waals surface area contributed by atoms with Gasteiger partial charge >= 0.3 is 5.69 Å². The third-order valence-electron chi connectivity index (χ3n) is 6.24. The molecule has 0 spiro atoms. The van der Waals surface area contributed by atoms with Gasteiger partial charge in [0.1, 0.15) is 4.83 Å². The molecule has 1 saturated heterocycles. The lowest BCUT2D eigenvalue weighted by Gasteiger charge is -2.29. The maximum atomic E-state index is 13.4. The predicted molar refractivity (Wildman–Crippen MR) is 129 cm³/mol. The molecule has 4 heterocycles. The standard InChI is InChI=1S/C24H26F2N4O4S/c1-15-19-21(32)29(13-6-16-4-2-9-27-14-16)24(34)30(10-3-5-18(25)26)23(19)35-20(15)22(33)28-11-7-17(31)8-12-28/h2,4-5,9,14,17,31H,3,6-8,10-13H2,1H3. The van der Waals surface area contributed by atoms with Gasteiger partial charge in [0.25, 0.3) is 17.5 Å². The summed E-state index contributed by atoms with van der Waals surface area (Å²) in [6.07, 6.45) is 2.97. The second kappa shape index (κ2) is 10.6. The SMILES string of the molecule is Cc1c(C(=O)N2CCC(O)CC2)sc2c1c(=O)n(CCc1cccnc1)c(=O)n2CCC=C(F)F. The van der Waals surface area contributed by atoms with Crippen LogP contribution in [0, 0.1) is 6.92 Å². The van der Waals surface area contributed by atoms with Gasteiger partial charge in [-0.2, -0.15) is 8.78 Å².